The van der Waals surface area contributed by atoms with Gasteiger partial charge in [0.05, 0.1) is 27.9 Å². The topological polar surface area (TPSA) is 60.0 Å². The second-order valence-electron chi connectivity index (χ2n) is 6.61. The number of carbonyl (C=O) groups is 1. The number of methoxy groups -OCH3 is 3. The van der Waals surface area contributed by atoms with Gasteiger partial charge < -0.3 is 24.4 Å². The summed E-state index contributed by atoms with van der Waals surface area (Å²) in [7, 11) is 4.65. The quantitative estimate of drug-likeness (QED) is 0.843. The van der Waals surface area contributed by atoms with Crippen molar-refractivity contribution in [1.82, 2.24) is 0 Å². The van der Waals surface area contributed by atoms with Crippen LogP contribution < -0.4 is 24.4 Å². The van der Waals surface area contributed by atoms with Crippen molar-refractivity contribution in [3.05, 3.63) is 42.0 Å². The van der Waals surface area contributed by atoms with Crippen molar-refractivity contribution in [1.29, 1.82) is 0 Å². The molecule has 6 nitrogen and oxygen atoms in total. The van der Waals surface area contributed by atoms with E-state index in [0.717, 1.165) is 18.5 Å². The van der Waals surface area contributed by atoms with E-state index in [2.05, 4.69) is 29.3 Å². The summed E-state index contributed by atoms with van der Waals surface area (Å²) in [5.74, 6) is 1.41. The number of hydrogen-bond donors (Lipinski definition) is 1. The molecule has 3 rings (SSSR count). The summed E-state index contributed by atoms with van der Waals surface area (Å²) < 4.78 is 16.0. The van der Waals surface area contributed by atoms with E-state index in [1.807, 2.05) is 12.1 Å². The number of fused-ring (bicyclic) bond motifs is 1. The highest BCUT2D eigenvalue weighted by molar-refractivity contribution is 5.95. The minimum Gasteiger partial charge on any atom is -0.493 e. The maximum Gasteiger partial charge on any atom is 0.243 e. The third-order valence-electron chi connectivity index (χ3n) is 4.93. The Morgan fingerprint density at radius 1 is 1.11 bits per heavy atom. The molecule has 1 aliphatic rings. The monoisotopic (exact) mass is 370 g/mol. The largest absolute Gasteiger partial charge is 0.493 e. The van der Waals surface area contributed by atoms with Crippen molar-refractivity contribution in [2.45, 2.75) is 25.8 Å². The van der Waals surface area contributed by atoms with E-state index in [1.165, 1.54) is 5.56 Å². The molecule has 1 amide bonds. The van der Waals surface area contributed by atoms with Gasteiger partial charge in [0.1, 0.15) is 0 Å². The van der Waals surface area contributed by atoms with Gasteiger partial charge in [0.25, 0.3) is 0 Å². The van der Waals surface area contributed by atoms with Gasteiger partial charge in [-0.05, 0) is 31.4 Å². The smallest absolute Gasteiger partial charge is 0.243 e. The SMILES string of the molecule is COc1cc(NC(=O)CN2c3ccccc3CCC2C)cc(OC)c1OC. The van der Waals surface area contributed by atoms with Crippen LogP contribution in [0.3, 0.4) is 0 Å². The fraction of sp³-hybridized carbons (Fsp3) is 0.381. The van der Waals surface area contributed by atoms with Crippen molar-refractivity contribution in [3.8, 4) is 17.2 Å². The molecule has 1 N–H and O–H groups in total. The summed E-state index contributed by atoms with van der Waals surface area (Å²) in [6.45, 7) is 2.44. The summed E-state index contributed by atoms with van der Waals surface area (Å²) in [5, 5.41) is 2.95. The number of ether oxygens (including phenoxy) is 3. The number of amides is 1. The highest BCUT2D eigenvalue weighted by Crippen LogP contribution is 2.40. The average molecular weight is 370 g/mol. The maximum absolute atomic E-state index is 12.7. The van der Waals surface area contributed by atoms with Gasteiger partial charge in [-0.3, -0.25) is 4.79 Å². The number of benzene rings is 2. The van der Waals surface area contributed by atoms with E-state index in [-0.39, 0.29) is 12.5 Å². The zero-order chi connectivity index (χ0) is 19.4. The Labute approximate surface area is 160 Å². The Balaban J connectivity index is 1.78. The molecule has 1 atom stereocenters. The van der Waals surface area contributed by atoms with Crippen LogP contribution in [-0.2, 0) is 11.2 Å². The molecule has 0 aliphatic carbocycles. The Hall–Kier alpha value is -2.89. The first kappa shape index (κ1) is 18.9. The molecule has 27 heavy (non-hydrogen) atoms. The minimum atomic E-state index is -0.0900. The predicted octanol–water partition coefficient (Wildman–Crippen LogP) is 3.49. The van der Waals surface area contributed by atoms with Gasteiger partial charge in [0.2, 0.25) is 11.7 Å². The van der Waals surface area contributed by atoms with Crippen LogP contribution in [-0.4, -0.2) is 39.8 Å². The number of anilines is 2. The normalized spacial score (nSPS) is 15.7. The van der Waals surface area contributed by atoms with Gasteiger partial charge >= 0.3 is 0 Å². The molecular weight excluding hydrogens is 344 g/mol. The summed E-state index contributed by atoms with van der Waals surface area (Å²) in [5.41, 5.74) is 3.03. The Kier molecular flexibility index (Phi) is 5.74. The molecule has 1 aliphatic heterocycles. The highest BCUT2D eigenvalue weighted by atomic mass is 16.5. The van der Waals surface area contributed by atoms with Crippen LogP contribution in [0.15, 0.2) is 36.4 Å². The van der Waals surface area contributed by atoms with E-state index in [1.54, 1.807) is 33.5 Å². The Morgan fingerprint density at radius 3 is 2.41 bits per heavy atom. The minimum absolute atomic E-state index is 0.0900. The Bertz CT molecular complexity index is 797. The fourth-order valence-corrected chi connectivity index (χ4v) is 3.51. The van der Waals surface area contributed by atoms with E-state index < -0.39 is 0 Å². The fourth-order valence-electron chi connectivity index (χ4n) is 3.51. The predicted molar refractivity (Wildman–Crippen MR) is 106 cm³/mol. The number of hydrogen-bond acceptors (Lipinski definition) is 5. The van der Waals surface area contributed by atoms with Gasteiger partial charge in [-0.2, -0.15) is 0 Å². The first-order valence-electron chi connectivity index (χ1n) is 9.01. The summed E-state index contributed by atoms with van der Waals surface area (Å²) >= 11 is 0. The molecule has 1 unspecified atom stereocenters. The van der Waals surface area contributed by atoms with E-state index in [0.29, 0.717) is 29.0 Å². The number of para-hydroxylation sites is 1. The van der Waals surface area contributed by atoms with Crippen molar-refractivity contribution < 1.29 is 19.0 Å². The van der Waals surface area contributed by atoms with E-state index in [9.17, 15) is 4.79 Å². The van der Waals surface area contributed by atoms with Crippen molar-refractivity contribution in [2.24, 2.45) is 0 Å². The van der Waals surface area contributed by atoms with Crippen LogP contribution in [0.5, 0.6) is 17.2 Å². The van der Waals surface area contributed by atoms with Crippen LogP contribution >= 0.6 is 0 Å². The first-order chi connectivity index (χ1) is 13.1. The lowest BCUT2D eigenvalue weighted by Crippen LogP contribution is -2.42. The third kappa shape index (κ3) is 3.94. The van der Waals surface area contributed by atoms with Gasteiger partial charge in [0.15, 0.2) is 11.5 Å². The molecule has 0 radical (unpaired) electrons. The number of nitrogens with one attached hydrogen (secondary N) is 1. The van der Waals surface area contributed by atoms with E-state index in [4.69, 9.17) is 14.2 Å². The summed E-state index contributed by atoms with van der Waals surface area (Å²) in [6, 6.07) is 12.0. The maximum atomic E-state index is 12.7. The molecule has 0 saturated carbocycles. The highest BCUT2D eigenvalue weighted by Gasteiger charge is 2.24. The molecule has 0 bridgehead atoms. The van der Waals surface area contributed by atoms with Crippen LogP contribution in [0.1, 0.15) is 18.9 Å². The summed E-state index contributed by atoms with van der Waals surface area (Å²) in [6.07, 6.45) is 2.08. The van der Waals surface area contributed by atoms with Crippen molar-refractivity contribution >= 4 is 17.3 Å². The number of rotatable bonds is 6. The molecule has 2 aromatic rings. The van der Waals surface area contributed by atoms with Gasteiger partial charge in [-0.1, -0.05) is 18.2 Å². The lowest BCUT2D eigenvalue weighted by molar-refractivity contribution is -0.115. The zero-order valence-electron chi connectivity index (χ0n) is 16.2. The molecule has 6 heteroatoms. The van der Waals surface area contributed by atoms with Crippen LogP contribution in [0, 0.1) is 0 Å². The lowest BCUT2D eigenvalue weighted by Gasteiger charge is -2.36. The standard InChI is InChI=1S/C21H26N2O4/c1-14-9-10-15-7-5-6-8-17(15)23(14)13-20(24)22-16-11-18(25-2)21(27-4)19(12-16)26-3/h5-8,11-12,14H,9-10,13H2,1-4H3,(H,22,24). The molecular formula is C21H26N2O4. The van der Waals surface area contributed by atoms with Crippen molar-refractivity contribution in [2.75, 3.05) is 38.1 Å². The molecule has 0 fully saturated rings. The third-order valence-corrected chi connectivity index (χ3v) is 4.93. The van der Waals surface area contributed by atoms with Crippen molar-refractivity contribution in [3.63, 3.8) is 0 Å². The zero-order valence-corrected chi connectivity index (χ0v) is 16.2. The molecule has 2 aromatic carbocycles. The molecule has 0 aromatic heterocycles. The van der Waals surface area contributed by atoms with Crippen LogP contribution in [0.25, 0.3) is 0 Å². The molecule has 144 valence electrons. The summed E-state index contributed by atoms with van der Waals surface area (Å²) in [4.78, 5) is 14.9. The second-order valence-corrected chi connectivity index (χ2v) is 6.61. The van der Waals surface area contributed by atoms with Gasteiger partial charge in [-0.25, -0.2) is 0 Å². The van der Waals surface area contributed by atoms with Gasteiger partial charge in [0, 0.05) is 29.5 Å². The number of carbonyl (C=O) groups excluding carboxylic acids is 1. The van der Waals surface area contributed by atoms with Crippen LogP contribution in [0.2, 0.25) is 0 Å². The first-order valence-corrected chi connectivity index (χ1v) is 9.01. The molecule has 0 spiro atoms. The van der Waals surface area contributed by atoms with Crippen LogP contribution in [0.4, 0.5) is 11.4 Å². The number of aryl methyl sites for hydroxylation is 1. The average Bonchev–Trinajstić information content (AvgIpc) is 2.69. The molecule has 0 saturated heterocycles. The second kappa shape index (κ2) is 8.20. The Morgan fingerprint density at radius 2 is 1.78 bits per heavy atom. The van der Waals surface area contributed by atoms with Gasteiger partial charge in [-0.15, -0.1) is 0 Å². The van der Waals surface area contributed by atoms with E-state index >= 15 is 0 Å². The molecule has 1 heterocycles. The lowest BCUT2D eigenvalue weighted by atomic mass is 9.96. The number of nitrogens with zero attached hydrogens (tertiary/aromatic N) is 1.